The van der Waals surface area contributed by atoms with Crippen LogP contribution in [0, 0.1) is 0 Å². The summed E-state index contributed by atoms with van der Waals surface area (Å²) in [6.07, 6.45) is 3.96. The van der Waals surface area contributed by atoms with Crippen molar-refractivity contribution in [3.8, 4) is 0 Å². The number of rotatable bonds is 4. The fourth-order valence-corrected chi connectivity index (χ4v) is 2.24. The maximum absolute atomic E-state index is 11.8. The third-order valence-electron chi connectivity index (χ3n) is 3.52. The zero-order valence-electron chi connectivity index (χ0n) is 10.9. The van der Waals surface area contributed by atoms with Gasteiger partial charge in [-0.15, -0.1) is 0 Å². The van der Waals surface area contributed by atoms with Gasteiger partial charge >= 0.3 is 0 Å². The number of carbonyl (C=O) groups is 1. The third-order valence-corrected chi connectivity index (χ3v) is 3.52. The van der Waals surface area contributed by atoms with Crippen LogP contribution < -0.4 is 11.1 Å². The summed E-state index contributed by atoms with van der Waals surface area (Å²) in [4.78, 5) is 14.0. The first-order valence-corrected chi connectivity index (χ1v) is 6.50. The molecule has 0 bridgehead atoms. The van der Waals surface area contributed by atoms with Gasteiger partial charge in [-0.2, -0.15) is 0 Å². The number of carbonyl (C=O) groups excluding carboxylic acids is 1. The van der Waals surface area contributed by atoms with Crippen LogP contribution >= 0.6 is 0 Å². The number of nitrogens with zero attached hydrogens (tertiary/aromatic N) is 2. The Morgan fingerprint density at radius 3 is 2.83 bits per heavy atom. The summed E-state index contributed by atoms with van der Waals surface area (Å²) < 4.78 is 2.01. The molecule has 1 amide bonds. The molecule has 5 nitrogen and oxygen atoms in total. The minimum Gasteiger partial charge on any atom is -0.353 e. The van der Waals surface area contributed by atoms with Crippen molar-refractivity contribution in [2.75, 3.05) is 19.6 Å². The quantitative estimate of drug-likeness (QED) is 0.794. The van der Waals surface area contributed by atoms with E-state index in [0.29, 0.717) is 19.1 Å². The molecule has 0 radical (unpaired) electrons. The number of aromatic nitrogens is 1. The lowest BCUT2D eigenvalue weighted by Gasteiger charge is -2.29. The molecule has 0 saturated carbocycles. The zero-order chi connectivity index (χ0) is 13.0. The Balaban J connectivity index is 1.71. The highest BCUT2D eigenvalue weighted by Crippen LogP contribution is 2.07. The summed E-state index contributed by atoms with van der Waals surface area (Å²) in [5.74, 6) is 0.0895. The van der Waals surface area contributed by atoms with Crippen molar-refractivity contribution in [3.63, 3.8) is 0 Å². The van der Waals surface area contributed by atoms with Crippen LogP contribution in [0.15, 0.2) is 18.3 Å². The Morgan fingerprint density at radius 2 is 2.22 bits per heavy atom. The number of hydrogen-bond acceptors (Lipinski definition) is 3. The average molecular weight is 250 g/mol. The van der Waals surface area contributed by atoms with Gasteiger partial charge in [-0.1, -0.05) is 0 Å². The van der Waals surface area contributed by atoms with Crippen LogP contribution in [0.25, 0.3) is 0 Å². The molecule has 18 heavy (non-hydrogen) atoms. The van der Waals surface area contributed by atoms with Gasteiger partial charge in [-0.3, -0.25) is 9.69 Å². The topological polar surface area (TPSA) is 63.3 Å². The Hall–Kier alpha value is -1.33. The molecule has 0 atom stereocenters. The fraction of sp³-hybridized carbons (Fsp3) is 0.615. The van der Waals surface area contributed by atoms with E-state index in [1.165, 1.54) is 0 Å². The van der Waals surface area contributed by atoms with Crippen molar-refractivity contribution in [1.82, 2.24) is 14.8 Å². The van der Waals surface area contributed by atoms with Crippen LogP contribution in [0.5, 0.6) is 0 Å². The normalized spacial score (nSPS) is 17.9. The molecule has 3 N–H and O–H groups in total. The number of amides is 1. The van der Waals surface area contributed by atoms with Gasteiger partial charge in [0.2, 0.25) is 5.91 Å². The largest absolute Gasteiger partial charge is 0.353 e. The molecular formula is C13H22N4O. The summed E-state index contributed by atoms with van der Waals surface area (Å²) in [5.41, 5.74) is 6.95. The molecule has 1 aromatic rings. The Morgan fingerprint density at radius 1 is 1.50 bits per heavy atom. The third kappa shape index (κ3) is 3.58. The van der Waals surface area contributed by atoms with Crippen LogP contribution in [0.2, 0.25) is 0 Å². The predicted octanol–water partition coefficient (Wildman–Crippen LogP) is 0.0644. The summed E-state index contributed by atoms with van der Waals surface area (Å²) in [5, 5.41) is 2.95. The molecular weight excluding hydrogens is 228 g/mol. The molecule has 1 aliphatic rings. The maximum Gasteiger partial charge on any atom is 0.234 e. The molecule has 0 unspecified atom stereocenters. The van der Waals surface area contributed by atoms with Gasteiger partial charge in [0.15, 0.2) is 0 Å². The molecule has 1 aromatic heterocycles. The molecule has 2 rings (SSSR count). The van der Waals surface area contributed by atoms with E-state index in [0.717, 1.165) is 31.6 Å². The van der Waals surface area contributed by atoms with Gasteiger partial charge in [0.25, 0.3) is 0 Å². The van der Waals surface area contributed by atoms with E-state index in [1.54, 1.807) is 0 Å². The van der Waals surface area contributed by atoms with Crippen molar-refractivity contribution < 1.29 is 4.79 Å². The molecule has 0 aromatic carbocycles. The first kappa shape index (κ1) is 13.1. The number of piperidine rings is 1. The van der Waals surface area contributed by atoms with Crippen LogP contribution in [0.4, 0.5) is 0 Å². The minimum atomic E-state index is 0.0895. The summed E-state index contributed by atoms with van der Waals surface area (Å²) >= 11 is 0. The van der Waals surface area contributed by atoms with E-state index in [1.807, 2.05) is 29.9 Å². The highest BCUT2D eigenvalue weighted by atomic mass is 16.2. The van der Waals surface area contributed by atoms with Crippen LogP contribution in [-0.2, 0) is 18.4 Å². The molecule has 5 heteroatoms. The molecule has 0 aliphatic carbocycles. The molecule has 1 fully saturated rings. The van der Waals surface area contributed by atoms with Crippen molar-refractivity contribution in [2.45, 2.75) is 25.4 Å². The van der Waals surface area contributed by atoms with E-state index in [9.17, 15) is 4.79 Å². The van der Waals surface area contributed by atoms with Crippen molar-refractivity contribution in [1.29, 1.82) is 0 Å². The molecule has 1 saturated heterocycles. The first-order valence-electron chi connectivity index (χ1n) is 6.50. The number of nitrogens with one attached hydrogen (secondary N) is 1. The number of hydrogen-bond donors (Lipinski definition) is 2. The SMILES string of the molecule is Cn1cccc1CNC(=O)CN1CCC(N)CC1. The van der Waals surface area contributed by atoms with Gasteiger partial charge in [-0.25, -0.2) is 0 Å². The second-order valence-corrected chi connectivity index (χ2v) is 5.00. The van der Waals surface area contributed by atoms with Gasteiger partial charge in [0, 0.05) is 38.1 Å². The fourth-order valence-electron chi connectivity index (χ4n) is 2.24. The van der Waals surface area contributed by atoms with E-state index in [2.05, 4.69) is 10.2 Å². The summed E-state index contributed by atoms with van der Waals surface area (Å²) in [7, 11) is 1.98. The van der Waals surface area contributed by atoms with Crippen LogP contribution in [0.1, 0.15) is 18.5 Å². The minimum absolute atomic E-state index is 0.0895. The summed E-state index contributed by atoms with van der Waals surface area (Å²) in [6.45, 7) is 2.93. The molecule has 2 heterocycles. The second-order valence-electron chi connectivity index (χ2n) is 5.00. The Labute approximate surface area is 108 Å². The van der Waals surface area contributed by atoms with E-state index < -0.39 is 0 Å². The second kappa shape index (κ2) is 6.02. The average Bonchev–Trinajstić information content (AvgIpc) is 2.75. The number of aryl methyl sites for hydroxylation is 1. The highest BCUT2D eigenvalue weighted by Gasteiger charge is 2.17. The predicted molar refractivity (Wildman–Crippen MR) is 70.9 cm³/mol. The number of likely N-dealkylation sites (tertiary alicyclic amines) is 1. The van der Waals surface area contributed by atoms with Crippen LogP contribution in [-0.4, -0.2) is 41.1 Å². The Kier molecular flexibility index (Phi) is 4.38. The van der Waals surface area contributed by atoms with E-state index in [4.69, 9.17) is 5.73 Å². The van der Waals surface area contributed by atoms with Gasteiger partial charge < -0.3 is 15.6 Å². The van der Waals surface area contributed by atoms with Crippen LogP contribution in [0.3, 0.4) is 0 Å². The lowest BCUT2D eigenvalue weighted by Crippen LogP contribution is -2.44. The summed E-state index contributed by atoms with van der Waals surface area (Å²) in [6, 6.07) is 4.31. The zero-order valence-corrected chi connectivity index (χ0v) is 10.9. The standard InChI is InChI=1S/C13H22N4O/c1-16-6-2-3-12(16)9-15-13(18)10-17-7-4-11(14)5-8-17/h2-3,6,11H,4-5,7-10,14H2,1H3,(H,15,18). The van der Waals surface area contributed by atoms with Gasteiger partial charge in [-0.05, 0) is 25.0 Å². The van der Waals surface area contributed by atoms with E-state index in [-0.39, 0.29) is 5.91 Å². The lowest BCUT2D eigenvalue weighted by molar-refractivity contribution is -0.122. The van der Waals surface area contributed by atoms with E-state index >= 15 is 0 Å². The highest BCUT2D eigenvalue weighted by molar-refractivity contribution is 5.77. The van der Waals surface area contributed by atoms with Gasteiger partial charge in [0.1, 0.15) is 0 Å². The van der Waals surface area contributed by atoms with Crippen molar-refractivity contribution in [3.05, 3.63) is 24.0 Å². The smallest absolute Gasteiger partial charge is 0.234 e. The molecule has 1 aliphatic heterocycles. The number of nitrogens with two attached hydrogens (primary N) is 1. The Bertz CT molecular complexity index is 393. The van der Waals surface area contributed by atoms with Gasteiger partial charge in [0.05, 0.1) is 13.1 Å². The maximum atomic E-state index is 11.8. The van der Waals surface area contributed by atoms with Crippen molar-refractivity contribution >= 4 is 5.91 Å². The van der Waals surface area contributed by atoms with Crippen molar-refractivity contribution in [2.24, 2.45) is 12.8 Å². The molecule has 100 valence electrons. The molecule has 0 spiro atoms. The lowest BCUT2D eigenvalue weighted by atomic mass is 10.1. The first-order chi connectivity index (χ1) is 8.65. The monoisotopic (exact) mass is 250 g/mol.